The van der Waals surface area contributed by atoms with Gasteiger partial charge in [-0.2, -0.15) is 0 Å². The molecule has 0 bridgehead atoms. The van der Waals surface area contributed by atoms with Gasteiger partial charge in [-0.15, -0.1) is 0 Å². The second-order valence-electron chi connectivity index (χ2n) is 13.8. The first-order valence-electron chi connectivity index (χ1n) is 18.3. The number of hydrogen-bond acceptors (Lipinski definition) is 2. The molecule has 11 aromatic rings. The molecule has 0 spiro atoms. The lowest BCUT2D eigenvalue weighted by atomic mass is 9.98. The maximum Gasteiger partial charge on any atom is 0.0973 e. The molecule has 4 nitrogen and oxygen atoms in total. The van der Waals surface area contributed by atoms with Crippen LogP contribution in [0.1, 0.15) is 0 Å². The molecule has 0 aliphatic rings. The minimum absolute atomic E-state index is 0.872. The molecule has 0 aliphatic carbocycles. The molecule has 0 saturated carbocycles. The Kier molecular flexibility index (Phi) is 6.82. The highest BCUT2D eigenvalue weighted by molar-refractivity contribution is 6.23. The van der Waals surface area contributed by atoms with Gasteiger partial charge in [0.1, 0.15) is 0 Å². The van der Waals surface area contributed by atoms with Crippen LogP contribution in [0, 0.1) is 0 Å². The van der Waals surface area contributed by atoms with Crippen molar-refractivity contribution in [2.45, 2.75) is 0 Å². The normalized spacial score (nSPS) is 11.7. The lowest BCUT2D eigenvalue weighted by molar-refractivity contribution is 1.15. The third kappa shape index (κ3) is 4.70. The highest BCUT2D eigenvalue weighted by Gasteiger charge is 2.21. The summed E-state index contributed by atoms with van der Waals surface area (Å²) in [7, 11) is 0. The summed E-state index contributed by atoms with van der Waals surface area (Å²) < 4.78 is 4.89. The Morgan fingerprint density at radius 2 is 0.741 bits per heavy atom. The average molecular weight is 689 g/mol. The van der Waals surface area contributed by atoms with Crippen molar-refractivity contribution in [1.82, 2.24) is 19.1 Å². The summed E-state index contributed by atoms with van der Waals surface area (Å²) in [5.41, 5.74) is 14.9. The molecule has 0 amide bonds. The van der Waals surface area contributed by atoms with Crippen LogP contribution in [-0.2, 0) is 0 Å². The maximum absolute atomic E-state index is 5.19. The van der Waals surface area contributed by atoms with Crippen LogP contribution in [0.3, 0.4) is 0 Å². The number of para-hydroxylation sites is 5. The third-order valence-electron chi connectivity index (χ3n) is 10.7. The molecule has 4 heteroatoms. The monoisotopic (exact) mass is 688 g/mol. The lowest BCUT2D eigenvalue weighted by Crippen LogP contribution is -1.99. The Balaban J connectivity index is 1.14. The molecule has 252 valence electrons. The zero-order chi connectivity index (χ0) is 35.6. The molecule has 0 aliphatic heterocycles. The summed E-state index contributed by atoms with van der Waals surface area (Å²) in [6, 6.07) is 69.0. The van der Waals surface area contributed by atoms with Gasteiger partial charge in [-0.25, -0.2) is 9.97 Å². The molecule has 0 saturated heterocycles. The first-order valence-corrected chi connectivity index (χ1v) is 18.3. The SMILES string of the molecule is c1ccc(-c2nc3ccccc3nc2-c2cccc(-c3cccc(-n4c5ccccc5c5ccc6c7ccccc7n(-c7ccccc7)c6c54)c3)c2)cc1. The Morgan fingerprint density at radius 1 is 0.296 bits per heavy atom. The molecule has 0 unspecified atom stereocenters. The number of fused-ring (bicyclic) bond motifs is 8. The van der Waals surface area contributed by atoms with Crippen LogP contribution in [0.4, 0.5) is 0 Å². The zero-order valence-corrected chi connectivity index (χ0v) is 29.3. The van der Waals surface area contributed by atoms with Crippen molar-refractivity contribution in [2.75, 3.05) is 0 Å². The highest BCUT2D eigenvalue weighted by atomic mass is 15.0. The minimum Gasteiger partial charge on any atom is -0.307 e. The van der Waals surface area contributed by atoms with Crippen molar-refractivity contribution in [3.05, 3.63) is 194 Å². The van der Waals surface area contributed by atoms with Crippen LogP contribution in [0.2, 0.25) is 0 Å². The molecule has 3 heterocycles. The van der Waals surface area contributed by atoms with E-state index in [4.69, 9.17) is 9.97 Å². The van der Waals surface area contributed by atoms with Crippen LogP contribution in [-0.4, -0.2) is 19.1 Å². The second-order valence-corrected chi connectivity index (χ2v) is 13.8. The topological polar surface area (TPSA) is 35.6 Å². The van der Waals surface area contributed by atoms with E-state index in [9.17, 15) is 0 Å². The van der Waals surface area contributed by atoms with Gasteiger partial charge >= 0.3 is 0 Å². The average Bonchev–Trinajstić information content (AvgIpc) is 3.77. The summed E-state index contributed by atoms with van der Waals surface area (Å²) in [5, 5.41) is 4.94. The number of aromatic nitrogens is 4. The predicted octanol–water partition coefficient (Wildman–Crippen LogP) is 12.8. The fraction of sp³-hybridized carbons (Fsp3) is 0. The van der Waals surface area contributed by atoms with E-state index in [1.54, 1.807) is 0 Å². The van der Waals surface area contributed by atoms with Crippen molar-refractivity contribution in [2.24, 2.45) is 0 Å². The first-order chi connectivity index (χ1) is 26.8. The molecule has 3 aromatic heterocycles. The molecular weight excluding hydrogens is 657 g/mol. The van der Waals surface area contributed by atoms with Gasteiger partial charge in [0, 0.05) is 44.0 Å². The van der Waals surface area contributed by atoms with E-state index in [-0.39, 0.29) is 0 Å². The summed E-state index contributed by atoms with van der Waals surface area (Å²) in [5.74, 6) is 0. The van der Waals surface area contributed by atoms with E-state index in [0.717, 1.165) is 56.0 Å². The van der Waals surface area contributed by atoms with E-state index in [1.807, 2.05) is 30.3 Å². The number of hydrogen-bond donors (Lipinski definition) is 0. The van der Waals surface area contributed by atoms with E-state index in [2.05, 4.69) is 173 Å². The van der Waals surface area contributed by atoms with Crippen molar-refractivity contribution in [3.63, 3.8) is 0 Å². The Labute approximate surface area is 311 Å². The van der Waals surface area contributed by atoms with E-state index < -0.39 is 0 Å². The van der Waals surface area contributed by atoms with Crippen LogP contribution in [0.25, 0.3) is 99.7 Å². The standard InChI is InChI=1S/C50H32N4/c1-3-15-33(16-4-1)47-48(52-44-26-10-9-25-43(44)51-47)36-19-13-17-34(31-36)35-18-14-22-38(32-35)54-46-28-12-8-24-40(46)42-30-29-41-39-23-7-11-27-45(39)53(49(41)50(42)54)37-20-5-2-6-21-37/h1-32H. The van der Waals surface area contributed by atoms with Gasteiger partial charge in [0.15, 0.2) is 0 Å². The highest BCUT2D eigenvalue weighted by Crippen LogP contribution is 2.42. The molecule has 0 atom stereocenters. The fourth-order valence-electron chi connectivity index (χ4n) is 8.28. The summed E-state index contributed by atoms with van der Waals surface area (Å²) >= 11 is 0. The van der Waals surface area contributed by atoms with Gasteiger partial charge in [0.05, 0.1) is 44.5 Å². The van der Waals surface area contributed by atoms with Crippen molar-refractivity contribution in [3.8, 4) is 45.0 Å². The van der Waals surface area contributed by atoms with E-state index >= 15 is 0 Å². The van der Waals surface area contributed by atoms with Gasteiger partial charge in [-0.3, -0.25) is 0 Å². The van der Waals surface area contributed by atoms with Crippen molar-refractivity contribution in [1.29, 1.82) is 0 Å². The van der Waals surface area contributed by atoms with E-state index in [0.29, 0.717) is 0 Å². The Bertz CT molecular complexity index is 3210. The molecular formula is C50H32N4. The molecule has 11 rings (SSSR count). The number of nitrogens with zero attached hydrogens (tertiary/aromatic N) is 4. The third-order valence-corrected chi connectivity index (χ3v) is 10.7. The van der Waals surface area contributed by atoms with Crippen molar-refractivity contribution < 1.29 is 0 Å². The molecule has 8 aromatic carbocycles. The summed E-state index contributed by atoms with van der Waals surface area (Å²) in [6.07, 6.45) is 0. The number of rotatable bonds is 5. The first kappa shape index (κ1) is 30.3. The Morgan fingerprint density at radius 3 is 1.39 bits per heavy atom. The van der Waals surface area contributed by atoms with Gasteiger partial charge < -0.3 is 9.13 Å². The van der Waals surface area contributed by atoms with Crippen LogP contribution >= 0.6 is 0 Å². The molecule has 0 N–H and O–H groups in total. The summed E-state index contributed by atoms with van der Waals surface area (Å²) in [4.78, 5) is 10.3. The van der Waals surface area contributed by atoms with Crippen LogP contribution in [0.15, 0.2) is 194 Å². The van der Waals surface area contributed by atoms with E-state index in [1.165, 1.54) is 43.6 Å². The van der Waals surface area contributed by atoms with Crippen LogP contribution in [0.5, 0.6) is 0 Å². The van der Waals surface area contributed by atoms with Crippen molar-refractivity contribution >= 4 is 54.6 Å². The molecule has 54 heavy (non-hydrogen) atoms. The number of benzene rings is 8. The lowest BCUT2D eigenvalue weighted by Gasteiger charge is -2.14. The molecule has 0 radical (unpaired) electrons. The molecule has 0 fully saturated rings. The van der Waals surface area contributed by atoms with Gasteiger partial charge in [0.2, 0.25) is 0 Å². The summed E-state index contributed by atoms with van der Waals surface area (Å²) in [6.45, 7) is 0. The minimum atomic E-state index is 0.872. The predicted molar refractivity (Wildman–Crippen MR) is 225 cm³/mol. The van der Waals surface area contributed by atoms with Gasteiger partial charge in [-0.05, 0) is 65.7 Å². The smallest absolute Gasteiger partial charge is 0.0973 e. The maximum atomic E-state index is 5.19. The largest absolute Gasteiger partial charge is 0.307 e. The quantitative estimate of drug-likeness (QED) is 0.180. The van der Waals surface area contributed by atoms with Gasteiger partial charge in [-0.1, -0.05) is 140 Å². The van der Waals surface area contributed by atoms with Gasteiger partial charge in [0.25, 0.3) is 0 Å². The fourth-order valence-corrected chi connectivity index (χ4v) is 8.28. The second kappa shape index (κ2) is 12.1. The Hall–Kier alpha value is -7.30. The zero-order valence-electron chi connectivity index (χ0n) is 29.3. The van der Waals surface area contributed by atoms with Crippen LogP contribution < -0.4 is 0 Å².